The predicted molar refractivity (Wildman–Crippen MR) is 152 cm³/mol. The molecule has 0 spiro atoms. The van der Waals surface area contributed by atoms with Crippen molar-refractivity contribution in [1.29, 1.82) is 0 Å². The van der Waals surface area contributed by atoms with Crippen molar-refractivity contribution in [3.05, 3.63) is 108 Å². The predicted octanol–water partition coefficient (Wildman–Crippen LogP) is 7.99. The highest BCUT2D eigenvalue weighted by Crippen LogP contribution is 2.39. The molecule has 176 valence electrons. The minimum atomic E-state index is -1.47. The van der Waals surface area contributed by atoms with Crippen LogP contribution in [0.4, 0.5) is 0 Å². The van der Waals surface area contributed by atoms with E-state index >= 15 is 0 Å². The van der Waals surface area contributed by atoms with E-state index in [1.807, 2.05) is 43.7 Å². The van der Waals surface area contributed by atoms with Crippen molar-refractivity contribution in [2.24, 2.45) is 5.41 Å². The summed E-state index contributed by atoms with van der Waals surface area (Å²) in [7, 11) is 0. The number of para-hydroxylation sites is 2. The Labute approximate surface area is 214 Å². The largest absolute Gasteiger partial charge is 0.255 e. The molecule has 0 atom stereocenters. The van der Waals surface area contributed by atoms with Crippen LogP contribution in [0.25, 0.3) is 48.9 Å². The summed E-state index contributed by atoms with van der Waals surface area (Å²) < 4.78 is 21.7. The quantitative estimate of drug-likeness (QED) is 0.180. The van der Waals surface area contributed by atoms with E-state index in [1.54, 1.807) is 0 Å². The van der Waals surface area contributed by atoms with Crippen molar-refractivity contribution in [1.82, 2.24) is 0 Å². The van der Waals surface area contributed by atoms with Gasteiger partial charge in [-0.25, -0.2) is 4.40 Å². The van der Waals surface area contributed by atoms with E-state index in [1.165, 1.54) is 54.4 Å². The number of allylic oxidation sites excluding steroid dienone is 2. The average Bonchev–Trinajstić information content (AvgIpc) is 3.40. The highest BCUT2D eigenvalue weighted by atomic mass is 15.0. The molecule has 0 aliphatic carbocycles. The van der Waals surface area contributed by atoms with Crippen LogP contribution in [-0.4, -0.2) is 11.3 Å². The van der Waals surface area contributed by atoms with Crippen molar-refractivity contribution in [3.63, 3.8) is 0 Å². The Hall–Kier alpha value is -4.04. The molecule has 0 amide bonds. The molecule has 2 heteroatoms. The summed E-state index contributed by atoms with van der Waals surface area (Å²) in [6, 6.07) is 25.3. The van der Waals surface area contributed by atoms with Gasteiger partial charge in [0.1, 0.15) is 12.2 Å². The third-order valence-corrected chi connectivity index (χ3v) is 7.37. The molecule has 0 N–H and O–H groups in total. The standard InChI is InChI=1S/C34H30N2/c1-21-17-23-14-16-31-32(26-11-8-10-25-24-9-6-7-12-30(24)36(31)33(25)26)28(23)18-27(21)29-15-13-22(20-35(29)5)19-34(2,3)4/h6-18,20H,5,19H2,1-4H3/i19D2. The average molecular weight is 469 g/mol. The molecule has 1 aliphatic rings. The SMILES string of the molecule is [2H]C([2H])(C1=C[N+](=C)[C-](c2cc3c(ccc4c3c3cccc5c6ccccc6[n+]4[c-]53)cc2C)C=C1)C(C)(C)C. The molecule has 0 unspecified atom stereocenters. The zero-order valence-corrected chi connectivity index (χ0v) is 21.2. The molecule has 4 aromatic carbocycles. The fourth-order valence-electron chi connectivity index (χ4n) is 5.99. The lowest BCUT2D eigenvalue weighted by molar-refractivity contribution is -0.444. The maximum absolute atomic E-state index is 8.71. The minimum absolute atomic E-state index is 0.525. The van der Waals surface area contributed by atoms with E-state index in [2.05, 4.69) is 84.8 Å². The lowest BCUT2D eigenvalue weighted by Gasteiger charge is -2.25. The molecule has 2 nitrogen and oxygen atoms in total. The molecule has 36 heavy (non-hydrogen) atoms. The van der Waals surface area contributed by atoms with Crippen LogP contribution in [0.5, 0.6) is 0 Å². The first-order valence-electron chi connectivity index (χ1n) is 13.6. The molecule has 2 aromatic heterocycles. The highest BCUT2D eigenvalue weighted by Gasteiger charge is 2.24. The van der Waals surface area contributed by atoms with Crippen LogP contribution in [0.2, 0.25) is 0 Å². The first-order chi connectivity index (χ1) is 18.1. The number of aromatic nitrogens is 1. The van der Waals surface area contributed by atoms with Gasteiger partial charge in [-0.1, -0.05) is 93.3 Å². The Morgan fingerprint density at radius 1 is 0.917 bits per heavy atom. The number of rotatable bonds is 2. The number of hydrogen-bond donors (Lipinski definition) is 0. The van der Waals surface area contributed by atoms with Gasteiger partial charge in [-0.15, -0.1) is 6.07 Å². The Morgan fingerprint density at radius 2 is 1.72 bits per heavy atom. The summed E-state index contributed by atoms with van der Waals surface area (Å²) in [6.07, 6.45) is 4.30. The Bertz CT molecular complexity index is 2010. The molecule has 0 fully saturated rings. The Balaban J connectivity index is 1.46. The smallest absolute Gasteiger partial charge is 0.160 e. The summed E-state index contributed by atoms with van der Waals surface area (Å²) in [4.78, 5) is 0. The first kappa shape index (κ1) is 19.2. The molecular weight excluding hydrogens is 436 g/mol. The van der Waals surface area contributed by atoms with Crippen molar-refractivity contribution in [2.45, 2.75) is 34.1 Å². The summed E-state index contributed by atoms with van der Waals surface area (Å²) in [6.45, 7) is 12.2. The second-order valence-electron chi connectivity index (χ2n) is 11.1. The fourth-order valence-corrected chi connectivity index (χ4v) is 5.99. The highest BCUT2D eigenvalue weighted by molar-refractivity contribution is 6.24. The van der Waals surface area contributed by atoms with E-state index in [4.69, 9.17) is 2.74 Å². The first-order valence-corrected chi connectivity index (χ1v) is 12.6. The molecule has 6 aromatic rings. The van der Waals surface area contributed by atoms with Gasteiger partial charge in [0.15, 0.2) is 16.6 Å². The number of nitrogens with zero attached hydrogens (tertiary/aromatic N) is 2. The van der Waals surface area contributed by atoms with Crippen LogP contribution in [0.1, 0.15) is 41.0 Å². The normalized spacial score (nSPS) is 16.1. The molecule has 0 saturated carbocycles. The lowest BCUT2D eigenvalue weighted by Crippen LogP contribution is -2.17. The summed E-state index contributed by atoms with van der Waals surface area (Å²) in [5.74, 6) is 0. The third-order valence-electron chi connectivity index (χ3n) is 7.37. The van der Waals surface area contributed by atoms with Gasteiger partial charge < -0.3 is 0 Å². The van der Waals surface area contributed by atoms with Gasteiger partial charge in [0.05, 0.1) is 6.72 Å². The van der Waals surface area contributed by atoms with Crippen LogP contribution >= 0.6 is 0 Å². The van der Waals surface area contributed by atoms with Gasteiger partial charge in [-0.05, 0) is 68.1 Å². The van der Waals surface area contributed by atoms with E-state index < -0.39 is 11.8 Å². The van der Waals surface area contributed by atoms with E-state index in [0.717, 1.165) is 11.6 Å². The number of aryl methyl sites for hydroxylation is 1. The monoisotopic (exact) mass is 468 g/mol. The van der Waals surface area contributed by atoms with Crippen molar-refractivity contribution in [3.8, 4) is 0 Å². The molecule has 0 radical (unpaired) electrons. The Morgan fingerprint density at radius 3 is 2.53 bits per heavy atom. The van der Waals surface area contributed by atoms with Crippen molar-refractivity contribution in [2.75, 3.05) is 0 Å². The minimum Gasteiger partial charge on any atom is -0.255 e. The van der Waals surface area contributed by atoms with Gasteiger partial charge in [0.25, 0.3) is 0 Å². The topological polar surface area (TPSA) is 7.11 Å². The molecule has 0 saturated heterocycles. The number of fused-ring (bicyclic) bond motifs is 8. The maximum Gasteiger partial charge on any atom is 0.160 e. The second kappa shape index (κ2) is 7.24. The van der Waals surface area contributed by atoms with Gasteiger partial charge in [0, 0.05) is 2.74 Å². The van der Waals surface area contributed by atoms with Crippen LogP contribution in [0, 0.1) is 18.4 Å². The van der Waals surface area contributed by atoms with Gasteiger partial charge >= 0.3 is 0 Å². The van der Waals surface area contributed by atoms with Gasteiger partial charge in [-0.3, -0.25) is 4.58 Å². The van der Waals surface area contributed by atoms with Crippen LogP contribution < -0.4 is 4.40 Å². The van der Waals surface area contributed by atoms with E-state index in [9.17, 15) is 0 Å². The summed E-state index contributed by atoms with van der Waals surface area (Å²) in [5, 5.41) is 7.55. The van der Waals surface area contributed by atoms with E-state index in [0.29, 0.717) is 5.57 Å². The molecule has 7 rings (SSSR count). The zero-order valence-electron chi connectivity index (χ0n) is 23.2. The third kappa shape index (κ3) is 2.97. The van der Waals surface area contributed by atoms with E-state index in [-0.39, 0.29) is 0 Å². The Kier molecular flexibility index (Phi) is 3.86. The van der Waals surface area contributed by atoms with Crippen LogP contribution in [0.15, 0.2) is 90.7 Å². The van der Waals surface area contributed by atoms with Crippen molar-refractivity contribution >= 4 is 55.6 Å². The van der Waals surface area contributed by atoms with Crippen LogP contribution in [0.3, 0.4) is 0 Å². The molecule has 3 heterocycles. The van der Waals surface area contributed by atoms with Gasteiger partial charge in [-0.2, -0.15) is 0 Å². The van der Waals surface area contributed by atoms with Crippen LogP contribution in [-0.2, 0) is 0 Å². The lowest BCUT2D eigenvalue weighted by atomic mass is 9.86. The van der Waals surface area contributed by atoms with Crippen molar-refractivity contribution < 1.29 is 11.7 Å². The summed E-state index contributed by atoms with van der Waals surface area (Å²) >= 11 is 0. The summed E-state index contributed by atoms with van der Waals surface area (Å²) in [5.41, 5.74) is 6.12. The molecule has 1 aliphatic heterocycles. The number of hydrogen-bond acceptors (Lipinski definition) is 0. The fraction of sp³-hybridized carbons (Fsp3) is 0.176. The molecular formula is C34H30N2. The number of benzene rings is 4. The maximum atomic E-state index is 8.71. The zero-order chi connectivity index (χ0) is 26.6. The van der Waals surface area contributed by atoms with Gasteiger partial charge in [0.2, 0.25) is 0 Å². The second-order valence-corrected chi connectivity index (χ2v) is 11.1. The molecule has 0 bridgehead atoms.